The van der Waals surface area contributed by atoms with Gasteiger partial charge in [0.05, 0.1) is 6.10 Å². The number of nitrogens with one attached hydrogen (secondary N) is 1. The molecule has 0 amide bonds. The van der Waals surface area contributed by atoms with Crippen LogP contribution in [0.3, 0.4) is 0 Å². The van der Waals surface area contributed by atoms with Gasteiger partial charge in [-0.15, -0.1) is 0 Å². The van der Waals surface area contributed by atoms with E-state index in [0.29, 0.717) is 12.1 Å². The van der Waals surface area contributed by atoms with Crippen LogP contribution in [0.1, 0.15) is 32.6 Å². The largest absolute Gasteiger partial charge is 0.385 e. The number of hydrogen-bond acceptors (Lipinski definition) is 3. The standard InChI is InChI=1S/C12H25NO2/c1-4-15-12(10-7-8-10)11(13-2)6-5-9-14-3/h10-13H,4-9H2,1-3H3. The van der Waals surface area contributed by atoms with E-state index in [1.807, 2.05) is 7.05 Å². The molecule has 1 rings (SSSR count). The first-order valence-electron chi connectivity index (χ1n) is 6.11. The second-order valence-corrected chi connectivity index (χ2v) is 4.29. The third-order valence-electron chi connectivity index (χ3n) is 3.08. The fourth-order valence-corrected chi connectivity index (χ4v) is 2.12. The number of rotatable bonds is 9. The lowest BCUT2D eigenvalue weighted by molar-refractivity contribution is 0.0168. The van der Waals surface area contributed by atoms with Crippen molar-refractivity contribution in [1.29, 1.82) is 0 Å². The molecule has 0 aromatic heterocycles. The van der Waals surface area contributed by atoms with Crippen LogP contribution in [0.2, 0.25) is 0 Å². The molecule has 3 nitrogen and oxygen atoms in total. The third kappa shape index (κ3) is 4.49. The van der Waals surface area contributed by atoms with E-state index in [2.05, 4.69) is 12.2 Å². The molecular formula is C12H25NO2. The zero-order valence-electron chi connectivity index (χ0n) is 10.3. The minimum atomic E-state index is 0.414. The Morgan fingerprint density at radius 3 is 2.60 bits per heavy atom. The molecule has 0 saturated heterocycles. The predicted molar refractivity (Wildman–Crippen MR) is 62.1 cm³/mol. The Labute approximate surface area is 93.5 Å². The van der Waals surface area contributed by atoms with Crippen molar-refractivity contribution in [2.75, 3.05) is 27.4 Å². The van der Waals surface area contributed by atoms with E-state index < -0.39 is 0 Å². The van der Waals surface area contributed by atoms with Gasteiger partial charge >= 0.3 is 0 Å². The Morgan fingerprint density at radius 1 is 1.40 bits per heavy atom. The van der Waals surface area contributed by atoms with Crippen molar-refractivity contribution < 1.29 is 9.47 Å². The van der Waals surface area contributed by atoms with E-state index in [1.165, 1.54) is 12.8 Å². The summed E-state index contributed by atoms with van der Waals surface area (Å²) in [4.78, 5) is 0. The van der Waals surface area contributed by atoms with Crippen molar-refractivity contribution in [3.05, 3.63) is 0 Å². The summed E-state index contributed by atoms with van der Waals surface area (Å²) >= 11 is 0. The van der Waals surface area contributed by atoms with Crippen LogP contribution in [0.15, 0.2) is 0 Å². The summed E-state index contributed by atoms with van der Waals surface area (Å²) in [6.45, 7) is 3.75. The van der Waals surface area contributed by atoms with Gasteiger partial charge in [-0.1, -0.05) is 0 Å². The number of methoxy groups -OCH3 is 1. The summed E-state index contributed by atoms with van der Waals surface area (Å²) in [5, 5.41) is 3.39. The van der Waals surface area contributed by atoms with E-state index in [1.54, 1.807) is 7.11 Å². The second-order valence-electron chi connectivity index (χ2n) is 4.29. The Morgan fingerprint density at radius 2 is 2.13 bits per heavy atom. The van der Waals surface area contributed by atoms with Crippen LogP contribution in [0.4, 0.5) is 0 Å². The highest BCUT2D eigenvalue weighted by molar-refractivity contribution is 4.89. The van der Waals surface area contributed by atoms with Crippen LogP contribution in [0.25, 0.3) is 0 Å². The molecule has 1 aliphatic carbocycles. The molecule has 15 heavy (non-hydrogen) atoms. The molecule has 0 spiro atoms. The van der Waals surface area contributed by atoms with Gasteiger partial charge in [0.2, 0.25) is 0 Å². The van der Waals surface area contributed by atoms with Crippen molar-refractivity contribution in [3.8, 4) is 0 Å². The molecule has 90 valence electrons. The van der Waals surface area contributed by atoms with Gasteiger partial charge in [-0.2, -0.15) is 0 Å². The zero-order chi connectivity index (χ0) is 11.1. The van der Waals surface area contributed by atoms with Crippen LogP contribution in [0.5, 0.6) is 0 Å². The molecule has 0 radical (unpaired) electrons. The fraction of sp³-hybridized carbons (Fsp3) is 1.00. The topological polar surface area (TPSA) is 30.5 Å². The SMILES string of the molecule is CCOC(C1CC1)C(CCCOC)NC. The minimum absolute atomic E-state index is 0.414. The van der Waals surface area contributed by atoms with Crippen LogP contribution in [-0.2, 0) is 9.47 Å². The average molecular weight is 215 g/mol. The third-order valence-corrected chi connectivity index (χ3v) is 3.08. The number of hydrogen-bond donors (Lipinski definition) is 1. The first kappa shape index (κ1) is 12.9. The summed E-state index contributed by atoms with van der Waals surface area (Å²) in [5.74, 6) is 0.796. The quantitative estimate of drug-likeness (QED) is 0.595. The second kappa shape index (κ2) is 7.20. The van der Waals surface area contributed by atoms with Crippen molar-refractivity contribution in [2.45, 2.75) is 44.8 Å². The Hall–Kier alpha value is -0.120. The van der Waals surface area contributed by atoms with Gasteiger partial charge in [0, 0.05) is 26.4 Å². The zero-order valence-corrected chi connectivity index (χ0v) is 10.3. The smallest absolute Gasteiger partial charge is 0.0755 e. The Bertz CT molecular complexity index is 160. The van der Waals surface area contributed by atoms with Crippen LogP contribution in [0, 0.1) is 5.92 Å². The van der Waals surface area contributed by atoms with E-state index in [4.69, 9.17) is 9.47 Å². The summed E-state index contributed by atoms with van der Waals surface area (Å²) in [7, 11) is 3.79. The van der Waals surface area contributed by atoms with Crippen molar-refractivity contribution in [3.63, 3.8) is 0 Å². The van der Waals surface area contributed by atoms with Crippen LogP contribution in [-0.4, -0.2) is 39.5 Å². The molecule has 0 heterocycles. The highest BCUT2D eigenvalue weighted by atomic mass is 16.5. The molecule has 3 heteroatoms. The van der Waals surface area contributed by atoms with Crippen molar-refractivity contribution in [1.82, 2.24) is 5.32 Å². The van der Waals surface area contributed by atoms with E-state index >= 15 is 0 Å². The van der Waals surface area contributed by atoms with Crippen molar-refractivity contribution in [2.24, 2.45) is 5.92 Å². The molecular weight excluding hydrogens is 190 g/mol. The van der Waals surface area contributed by atoms with Gasteiger partial charge in [-0.25, -0.2) is 0 Å². The molecule has 0 aromatic rings. The van der Waals surface area contributed by atoms with Gasteiger partial charge < -0.3 is 14.8 Å². The lowest BCUT2D eigenvalue weighted by atomic mass is 10.0. The summed E-state index contributed by atoms with van der Waals surface area (Å²) < 4.78 is 10.9. The maximum atomic E-state index is 5.85. The molecule has 1 fully saturated rings. The average Bonchev–Trinajstić information content (AvgIpc) is 3.06. The summed E-state index contributed by atoms with van der Waals surface area (Å²) in [6, 6.07) is 0.493. The molecule has 0 bridgehead atoms. The fourth-order valence-electron chi connectivity index (χ4n) is 2.12. The lowest BCUT2D eigenvalue weighted by Gasteiger charge is -2.26. The van der Waals surface area contributed by atoms with Gasteiger partial charge in [0.1, 0.15) is 0 Å². The molecule has 0 aliphatic heterocycles. The van der Waals surface area contributed by atoms with Crippen molar-refractivity contribution >= 4 is 0 Å². The van der Waals surface area contributed by atoms with Gasteiger partial charge in [-0.3, -0.25) is 0 Å². The maximum absolute atomic E-state index is 5.85. The van der Waals surface area contributed by atoms with E-state index in [0.717, 1.165) is 32.0 Å². The van der Waals surface area contributed by atoms with E-state index in [-0.39, 0.29) is 0 Å². The molecule has 2 unspecified atom stereocenters. The van der Waals surface area contributed by atoms with Gasteiger partial charge in [0.25, 0.3) is 0 Å². The first-order valence-corrected chi connectivity index (χ1v) is 6.11. The lowest BCUT2D eigenvalue weighted by Crippen LogP contribution is -2.41. The molecule has 1 saturated carbocycles. The monoisotopic (exact) mass is 215 g/mol. The highest BCUT2D eigenvalue weighted by Crippen LogP contribution is 2.36. The number of ether oxygens (including phenoxy) is 2. The molecule has 0 aromatic carbocycles. The Kier molecular flexibility index (Phi) is 6.22. The van der Waals surface area contributed by atoms with Crippen LogP contribution >= 0.6 is 0 Å². The maximum Gasteiger partial charge on any atom is 0.0755 e. The summed E-state index contributed by atoms with van der Waals surface area (Å²) in [5.41, 5.74) is 0. The van der Waals surface area contributed by atoms with Crippen LogP contribution < -0.4 is 5.32 Å². The number of likely N-dealkylation sites (N-methyl/N-ethyl adjacent to an activating group) is 1. The van der Waals surface area contributed by atoms with E-state index in [9.17, 15) is 0 Å². The minimum Gasteiger partial charge on any atom is -0.385 e. The first-order chi connectivity index (χ1) is 7.33. The Balaban J connectivity index is 2.31. The van der Waals surface area contributed by atoms with Gasteiger partial charge in [-0.05, 0) is 45.6 Å². The molecule has 2 atom stereocenters. The predicted octanol–water partition coefficient (Wildman–Crippen LogP) is 1.82. The normalized spacial score (nSPS) is 20.2. The molecule has 1 aliphatic rings. The highest BCUT2D eigenvalue weighted by Gasteiger charge is 2.36. The summed E-state index contributed by atoms with van der Waals surface area (Å²) in [6.07, 6.45) is 5.35. The van der Waals surface area contributed by atoms with Gasteiger partial charge in [0.15, 0.2) is 0 Å². The molecule has 1 N–H and O–H groups in total.